The van der Waals surface area contributed by atoms with E-state index in [9.17, 15) is 28.4 Å². The lowest BCUT2D eigenvalue weighted by Crippen LogP contribution is -2.51. The molecule has 0 fully saturated rings. The van der Waals surface area contributed by atoms with Crippen molar-refractivity contribution < 1.29 is 52.0 Å². The number of esters is 5. The summed E-state index contributed by atoms with van der Waals surface area (Å²) in [6.45, 7) is 0.770. The second-order valence-electron chi connectivity index (χ2n) is 13.8. The highest BCUT2D eigenvalue weighted by Gasteiger charge is 2.48. The van der Waals surface area contributed by atoms with Gasteiger partial charge in [0.25, 0.3) is 0 Å². The zero-order valence-corrected chi connectivity index (χ0v) is 33.6. The Hall–Kier alpha value is -8.26. The smallest absolute Gasteiger partial charge is 0.338 e. The van der Waals surface area contributed by atoms with Crippen molar-refractivity contribution in [3.63, 3.8) is 0 Å². The molecule has 0 amide bonds. The van der Waals surface area contributed by atoms with Crippen molar-refractivity contribution in [2.24, 2.45) is 0 Å². The number of carbonyl (C=O) groups excluding carboxylic acids is 5. The largest absolute Gasteiger partial charge is 0.458 e. The molecule has 1 aromatic heterocycles. The van der Waals surface area contributed by atoms with Crippen LogP contribution in [0.1, 0.15) is 69.5 Å². The first-order valence-corrected chi connectivity index (χ1v) is 19.6. The summed E-state index contributed by atoms with van der Waals surface area (Å²) >= 11 is 0. The standard InChI is InChI=1S/C49H38FN3O10/c1-32-51-44(53(52-32)39-29-27-38(50)28-30-39)43(63-49(58)37-25-15-6-16-26-37)42(62-48(57)36-23-13-5-14-24-36)41(61-47(56)35-21-11-4-12-22-35)40(60-46(55)34-19-9-3-10-20-34)31-59-45(54)33-17-7-2-8-18-33/h2-30,40-43H,31H2,1H3/t40-,41-,42+,43+/m1/s1. The number of nitrogens with zero attached hydrogens (tertiary/aromatic N) is 3. The van der Waals surface area contributed by atoms with E-state index in [4.69, 9.17) is 23.7 Å². The van der Waals surface area contributed by atoms with Gasteiger partial charge in [-0.25, -0.2) is 38.0 Å². The molecule has 0 radical (unpaired) electrons. The van der Waals surface area contributed by atoms with Gasteiger partial charge in [0.2, 0.25) is 6.10 Å². The van der Waals surface area contributed by atoms with Gasteiger partial charge in [0, 0.05) is 0 Å². The summed E-state index contributed by atoms with van der Waals surface area (Å²) in [7, 11) is 0. The van der Waals surface area contributed by atoms with Crippen LogP contribution >= 0.6 is 0 Å². The molecule has 4 atom stereocenters. The molecule has 7 rings (SSSR count). The topological polar surface area (TPSA) is 162 Å². The van der Waals surface area contributed by atoms with Gasteiger partial charge < -0.3 is 23.7 Å². The predicted octanol–water partition coefficient (Wildman–Crippen LogP) is 8.15. The third-order valence-corrected chi connectivity index (χ3v) is 9.46. The van der Waals surface area contributed by atoms with Crippen molar-refractivity contribution >= 4 is 29.8 Å². The van der Waals surface area contributed by atoms with E-state index in [-0.39, 0.29) is 45.2 Å². The molecule has 6 aromatic carbocycles. The molecule has 63 heavy (non-hydrogen) atoms. The number of ether oxygens (including phenoxy) is 5. The number of rotatable bonds is 16. The first-order chi connectivity index (χ1) is 30.6. The zero-order valence-electron chi connectivity index (χ0n) is 33.6. The highest BCUT2D eigenvalue weighted by Crippen LogP contribution is 2.33. The van der Waals surface area contributed by atoms with Crippen molar-refractivity contribution in [3.8, 4) is 5.69 Å². The first-order valence-electron chi connectivity index (χ1n) is 19.6. The van der Waals surface area contributed by atoms with Crippen LogP contribution in [0.3, 0.4) is 0 Å². The van der Waals surface area contributed by atoms with Crippen LogP contribution in [0, 0.1) is 12.7 Å². The predicted molar refractivity (Wildman–Crippen MR) is 224 cm³/mol. The Balaban J connectivity index is 1.44. The number of benzene rings is 6. The molecular weight excluding hydrogens is 810 g/mol. The van der Waals surface area contributed by atoms with Crippen molar-refractivity contribution in [2.75, 3.05) is 6.61 Å². The fourth-order valence-corrected chi connectivity index (χ4v) is 6.39. The monoisotopic (exact) mass is 847 g/mol. The highest BCUT2D eigenvalue weighted by atomic mass is 19.1. The maximum absolute atomic E-state index is 14.3. The summed E-state index contributed by atoms with van der Waals surface area (Å²) in [6, 6.07) is 44.4. The number of hydrogen-bond donors (Lipinski definition) is 0. The Labute approximate surface area is 360 Å². The van der Waals surface area contributed by atoms with Gasteiger partial charge in [0.1, 0.15) is 18.2 Å². The number of aromatic nitrogens is 3. The second-order valence-corrected chi connectivity index (χ2v) is 13.8. The molecular formula is C49H38FN3O10. The summed E-state index contributed by atoms with van der Waals surface area (Å²) in [6.07, 6.45) is -7.56. The molecule has 316 valence electrons. The van der Waals surface area contributed by atoms with Gasteiger partial charge in [0.15, 0.2) is 24.1 Å². The van der Waals surface area contributed by atoms with E-state index in [0.717, 1.165) is 0 Å². The van der Waals surface area contributed by atoms with Crippen LogP contribution in [0.4, 0.5) is 4.39 Å². The summed E-state index contributed by atoms with van der Waals surface area (Å²) in [5.74, 6) is -5.26. The van der Waals surface area contributed by atoms with Crippen molar-refractivity contribution in [2.45, 2.75) is 31.3 Å². The number of hydrogen-bond acceptors (Lipinski definition) is 12. The molecule has 0 aliphatic rings. The van der Waals surface area contributed by atoms with Crippen molar-refractivity contribution in [1.82, 2.24) is 14.8 Å². The van der Waals surface area contributed by atoms with Gasteiger partial charge in [-0.15, -0.1) is 0 Å². The molecule has 0 saturated carbocycles. The van der Waals surface area contributed by atoms with E-state index in [1.54, 1.807) is 97.9 Å². The van der Waals surface area contributed by atoms with Crippen LogP contribution in [0.25, 0.3) is 5.69 Å². The fraction of sp³-hybridized carbons (Fsp3) is 0.122. The molecule has 1 heterocycles. The molecule has 0 bridgehead atoms. The van der Waals surface area contributed by atoms with Crippen LogP contribution in [0.2, 0.25) is 0 Å². The Morgan fingerprint density at radius 3 is 1.32 bits per heavy atom. The molecule has 13 nitrogen and oxygen atoms in total. The highest BCUT2D eigenvalue weighted by molar-refractivity contribution is 5.92. The number of carbonyl (C=O) groups is 5. The maximum Gasteiger partial charge on any atom is 0.338 e. The van der Waals surface area contributed by atoms with E-state index in [0.29, 0.717) is 0 Å². The number of aryl methyl sites for hydroxylation is 1. The van der Waals surface area contributed by atoms with Crippen LogP contribution < -0.4 is 0 Å². The van der Waals surface area contributed by atoms with E-state index in [1.807, 2.05) is 0 Å². The van der Waals surface area contributed by atoms with Gasteiger partial charge in [0.05, 0.1) is 33.5 Å². The second kappa shape index (κ2) is 20.3. The molecule has 0 aliphatic carbocycles. The Morgan fingerprint density at radius 2 is 0.873 bits per heavy atom. The van der Waals surface area contributed by atoms with Gasteiger partial charge in [-0.1, -0.05) is 91.0 Å². The van der Waals surface area contributed by atoms with Gasteiger partial charge >= 0.3 is 29.8 Å². The van der Waals surface area contributed by atoms with Gasteiger partial charge in [-0.2, -0.15) is 5.10 Å². The summed E-state index contributed by atoms with van der Waals surface area (Å²) in [5, 5.41) is 4.51. The van der Waals surface area contributed by atoms with E-state index >= 15 is 0 Å². The maximum atomic E-state index is 14.3. The van der Waals surface area contributed by atoms with E-state index < -0.39 is 66.7 Å². The molecule has 0 unspecified atom stereocenters. The van der Waals surface area contributed by atoms with Crippen molar-refractivity contribution in [1.29, 1.82) is 0 Å². The first kappa shape index (κ1) is 42.8. The SMILES string of the molecule is Cc1nc([C@@H](OC(=O)c2ccccc2)[C@@H](OC(=O)c2ccccc2)[C@H](OC(=O)c2ccccc2)[C@@H](COC(=O)c2ccccc2)OC(=O)c2ccccc2)n(-c2ccc(F)cc2)n1. The average Bonchev–Trinajstić information content (AvgIpc) is 3.72. The average molecular weight is 848 g/mol. The summed E-state index contributed by atoms with van der Waals surface area (Å²) in [5.41, 5.74) is 0.612. The lowest BCUT2D eigenvalue weighted by Gasteiger charge is -2.35. The van der Waals surface area contributed by atoms with Crippen LogP contribution in [0.15, 0.2) is 176 Å². The Kier molecular flexibility index (Phi) is 13.8. The zero-order chi connectivity index (χ0) is 44.1. The van der Waals surface area contributed by atoms with Crippen LogP contribution in [-0.4, -0.2) is 69.5 Å². The molecule has 0 spiro atoms. The molecule has 0 aliphatic heterocycles. The molecule has 0 N–H and O–H groups in total. The van der Waals surface area contributed by atoms with Crippen LogP contribution in [-0.2, 0) is 23.7 Å². The third-order valence-electron chi connectivity index (χ3n) is 9.46. The van der Waals surface area contributed by atoms with E-state index in [2.05, 4.69) is 10.1 Å². The quantitative estimate of drug-likeness (QED) is 0.0679. The minimum absolute atomic E-state index is 0.0354. The molecule has 7 aromatic rings. The lowest BCUT2D eigenvalue weighted by atomic mass is 10.00. The van der Waals surface area contributed by atoms with Gasteiger partial charge in [-0.3, -0.25) is 0 Å². The van der Waals surface area contributed by atoms with Crippen molar-refractivity contribution in [3.05, 3.63) is 221 Å². The minimum Gasteiger partial charge on any atom is -0.458 e. The minimum atomic E-state index is -1.97. The van der Waals surface area contributed by atoms with Crippen LogP contribution in [0.5, 0.6) is 0 Å². The normalized spacial score (nSPS) is 12.7. The molecule has 0 saturated heterocycles. The lowest BCUT2D eigenvalue weighted by molar-refractivity contribution is -0.134. The summed E-state index contributed by atoms with van der Waals surface area (Å²) < 4.78 is 46.2. The molecule has 14 heteroatoms. The fourth-order valence-electron chi connectivity index (χ4n) is 6.39. The number of halogens is 1. The third kappa shape index (κ3) is 10.9. The van der Waals surface area contributed by atoms with E-state index in [1.165, 1.54) is 89.6 Å². The summed E-state index contributed by atoms with van der Waals surface area (Å²) in [4.78, 5) is 75.0. The van der Waals surface area contributed by atoms with Gasteiger partial charge in [-0.05, 0) is 91.9 Å². The Morgan fingerprint density at radius 1 is 0.492 bits per heavy atom. The Bertz CT molecular complexity index is 2650.